The fourth-order valence-corrected chi connectivity index (χ4v) is 11.3. The monoisotopic (exact) mass is 1080 g/mol. The molecule has 0 fully saturated rings. The number of carbonyl (C=O) groups is 10. The minimum atomic E-state index is -2.71. The number of rotatable bonds is 34. The molecule has 78 heavy (non-hydrogen) atoms. The van der Waals surface area contributed by atoms with E-state index in [0.29, 0.717) is 0 Å². The van der Waals surface area contributed by atoms with Crippen molar-refractivity contribution in [2.24, 2.45) is 29.4 Å². The number of benzene rings is 2. The van der Waals surface area contributed by atoms with E-state index in [1.54, 1.807) is 60.7 Å². The molecular formula is C47H63B14N5O10S2. The normalized spacial score (nSPS) is 13.1. The van der Waals surface area contributed by atoms with E-state index in [9.17, 15) is 47.9 Å². The molecule has 6 N–H and O–H groups in total. The van der Waals surface area contributed by atoms with Crippen molar-refractivity contribution in [1.82, 2.24) is 21.3 Å². The molecule has 31 heteroatoms. The van der Waals surface area contributed by atoms with Crippen LogP contribution in [0.5, 0.6) is 0 Å². The Hall–Kier alpha value is -4.09. The van der Waals surface area contributed by atoms with E-state index < -0.39 is 129 Å². The molecule has 15 nitrogen and oxygen atoms in total. The molecule has 0 heterocycles. The van der Waals surface area contributed by atoms with Crippen LogP contribution < -0.4 is 27.0 Å². The first-order chi connectivity index (χ1) is 36.8. The first kappa shape index (κ1) is 70.0. The van der Waals surface area contributed by atoms with Crippen LogP contribution in [0.15, 0.2) is 60.7 Å². The van der Waals surface area contributed by atoms with Crippen LogP contribution in [-0.2, 0) is 60.8 Å². The topological polar surface area (TPSA) is 245 Å². The predicted molar refractivity (Wildman–Crippen MR) is 327 cm³/mol. The molecule has 0 saturated heterocycles. The summed E-state index contributed by atoms with van der Waals surface area (Å²) in [5.74, 6) is -8.77. The summed E-state index contributed by atoms with van der Waals surface area (Å²) < 4.78 is 0. The van der Waals surface area contributed by atoms with Crippen LogP contribution in [0.1, 0.15) is 103 Å². The van der Waals surface area contributed by atoms with Gasteiger partial charge in [0.2, 0.25) is 11.8 Å². The van der Waals surface area contributed by atoms with E-state index >= 15 is 0 Å². The summed E-state index contributed by atoms with van der Waals surface area (Å²) in [6, 6.07) is 18.8. The average Bonchev–Trinajstić information content (AvgIpc) is 3.39. The zero-order valence-electron chi connectivity index (χ0n) is 45.3. The van der Waals surface area contributed by atoms with Gasteiger partial charge in [-0.15, -0.1) is 0 Å². The van der Waals surface area contributed by atoms with Crippen molar-refractivity contribution in [2.75, 3.05) is 13.1 Å². The second kappa shape index (κ2) is 35.6. The molecule has 390 valence electrons. The van der Waals surface area contributed by atoms with Crippen molar-refractivity contribution in [3.63, 3.8) is 0 Å². The molecular weight excluding hydrogens is 1010 g/mol. The Morgan fingerprint density at radius 1 is 0.526 bits per heavy atom. The van der Waals surface area contributed by atoms with Crippen LogP contribution in [0.4, 0.5) is 0 Å². The number of amides is 4. The van der Waals surface area contributed by atoms with Gasteiger partial charge in [0.15, 0.2) is 0 Å². The molecule has 0 aliphatic carbocycles. The minimum Gasteiger partial charge on any atom is -0.0622 e. The smallest absolute Gasteiger partial charge is 0.0622 e. The van der Waals surface area contributed by atoms with Crippen LogP contribution in [0.25, 0.3) is 0 Å². The first-order valence-electron chi connectivity index (χ1n) is 25.8. The van der Waals surface area contributed by atoms with E-state index in [4.69, 9.17) is 67.6 Å². The van der Waals surface area contributed by atoms with Crippen molar-refractivity contribution >= 4 is 172 Å². The summed E-state index contributed by atoms with van der Waals surface area (Å²) in [4.78, 5) is 134. The van der Waals surface area contributed by atoms with Gasteiger partial charge in [0.25, 0.3) is 0 Å². The molecule has 0 bridgehead atoms. The van der Waals surface area contributed by atoms with Crippen LogP contribution in [0, 0.1) is 23.7 Å². The summed E-state index contributed by atoms with van der Waals surface area (Å²) in [5, 5.41) is 9.58. The van der Waals surface area contributed by atoms with Gasteiger partial charge >= 0.3 is 385 Å². The zero-order valence-corrected chi connectivity index (χ0v) is 46.9. The van der Waals surface area contributed by atoms with Crippen molar-refractivity contribution in [3.8, 4) is 0 Å². The van der Waals surface area contributed by atoms with Gasteiger partial charge in [0, 0.05) is 6.42 Å². The third-order valence-electron chi connectivity index (χ3n) is 12.9. The molecule has 4 amide bonds. The Morgan fingerprint density at radius 2 is 0.885 bits per heavy atom. The summed E-state index contributed by atoms with van der Waals surface area (Å²) >= 11 is 0. The molecule has 0 aliphatic heterocycles. The maximum absolute atomic E-state index is 13.9. The van der Waals surface area contributed by atoms with Gasteiger partial charge in [-0.05, 0) is 6.42 Å². The Labute approximate surface area is 475 Å². The molecule has 0 spiro atoms. The Kier molecular flexibility index (Phi) is 32.0. The Balaban J connectivity index is 2.07. The number of nitrogens with one attached hydrogen (secondary N) is 4. The van der Waals surface area contributed by atoms with Crippen LogP contribution in [0.3, 0.4) is 0 Å². The molecule has 2 aromatic carbocycles. The second-order valence-corrected chi connectivity index (χ2v) is 26.1. The van der Waals surface area contributed by atoms with E-state index in [-0.39, 0.29) is 88.9 Å². The van der Waals surface area contributed by atoms with Gasteiger partial charge in [0.1, 0.15) is 0 Å². The fraction of sp³-hybridized carbons (Fsp3) is 0.532. The molecule has 16 radical (unpaired) electrons. The summed E-state index contributed by atoms with van der Waals surface area (Å²) in [6.07, 6.45) is -1.42. The third kappa shape index (κ3) is 23.2. The second-order valence-electron chi connectivity index (χ2n) is 20.0. The van der Waals surface area contributed by atoms with Gasteiger partial charge in [0.05, 0.1) is 6.04 Å². The van der Waals surface area contributed by atoms with Crippen molar-refractivity contribution < 1.29 is 47.9 Å². The standard InChI is InChI=1S/C47H63B14N5O10S2/c1-29(2)21-38(40(69)16-19-43(72)77(56-48,57-49)60(52)53)65-45(74)33(23-31-11-7-5-8-12-31)25-35(67)27-63-42(71)18-15-37(62)47(76)64-28-36(68)26-34(24-32-13-9-6-10-14-32)46(75)66-39(22-30(3)4)41(70)17-20-44(73)78(58-50,59-51)61(54)55/h5-14,29-30,33-34,37-39H,15-28,62H2,1-4H3,(H,63,71)(H,64,76)(H,65,74)(H,66,75). The van der Waals surface area contributed by atoms with Crippen molar-refractivity contribution in [2.45, 2.75) is 123 Å². The van der Waals surface area contributed by atoms with Crippen LogP contribution in [0.2, 0.25) is 0 Å². The van der Waals surface area contributed by atoms with Gasteiger partial charge in [-0.1, -0.05) is 36.4 Å². The molecule has 0 aliphatic rings. The van der Waals surface area contributed by atoms with Gasteiger partial charge in [-0.2, -0.15) is 0 Å². The van der Waals surface area contributed by atoms with Crippen LogP contribution >= 0.6 is 17.5 Å². The quantitative estimate of drug-likeness (QED) is 0.0524. The Bertz CT molecular complexity index is 2660. The van der Waals surface area contributed by atoms with Gasteiger partial charge < -0.3 is 16.4 Å². The zero-order chi connectivity index (χ0) is 58.8. The number of ketones is 4. The fourth-order valence-electron chi connectivity index (χ4n) is 8.30. The number of hydrogen-bond acceptors (Lipinski definition) is 11. The first-order valence-corrected chi connectivity index (χ1v) is 29.4. The maximum atomic E-state index is 13.9. The summed E-state index contributed by atoms with van der Waals surface area (Å²) in [5.41, 5.74) is 7.58. The van der Waals surface area contributed by atoms with Crippen molar-refractivity contribution in [1.29, 1.82) is 0 Å². The van der Waals surface area contributed by atoms with E-state index in [1.807, 2.05) is 27.7 Å². The summed E-state index contributed by atoms with van der Waals surface area (Å²) in [6.45, 7) is 6.49. The van der Waals surface area contributed by atoms with E-state index in [2.05, 4.69) is 21.3 Å². The third-order valence-corrected chi connectivity index (χ3v) is 18.5. The molecule has 5 atom stereocenters. The number of Topliss-reactive ketones (excluding diaryl/α,β-unsaturated/α-hetero) is 4. The average molecular weight is 1070 g/mol. The van der Waals surface area contributed by atoms with Crippen LogP contribution in [-0.4, -0.2) is 186 Å². The predicted octanol–water partition coefficient (Wildman–Crippen LogP) is -1.16. The van der Waals surface area contributed by atoms with Gasteiger partial charge in [-0.3, -0.25) is 9.59 Å². The number of carbonyl (C=O) groups excluding carboxylic acids is 10. The van der Waals surface area contributed by atoms with E-state index in [1.165, 1.54) is 0 Å². The van der Waals surface area contributed by atoms with Crippen molar-refractivity contribution in [3.05, 3.63) is 71.8 Å². The molecule has 5 unspecified atom stereocenters. The minimum absolute atomic E-state index is 0.0492. The number of nitrogens with two attached hydrogens (primary N) is 1. The molecule has 0 aromatic heterocycles. The number of hydrogen-bond donors (Lipinski definition) is 5. The summed E-state index contributed by atoms with van der Waals surface area (Å²) in [7, 11) is 40.7. The van der Waals surface area contributed by atoms with Gasteiger partial charge in [-0.25, -0.2) is 0 Å². The molecule has 2 rings (SSSR count). The SMILES string of the molecule is [B]B=S(=B[B])(B([B])[B])C(=O)CCC(=O)C(CC(C)C)NC(=O)C(CC(=O)CNC(=O)CCC(N)C(=O)NCC(=O)CC(Cc1ccccc1)C(=O)NC(CC(C)C)C(=O)CCC(=O)S(=B[B])(=B[B])B([B])[B])Cc1ccccc1. The van der Waals surface area contributed by atoms with E-state index in [0.717, 1.165) is 35.3 Å². The Morgan fingerprint density at radius 3 is 1.22 bits per heavy atom. The molecule has 0 saturated carbocycles. The molecule has 2 aromatic rings.